The van der Waals surface area contributed by atoms with Gasteiger partial charge in [0.2, 0.25) is 0 Å². The highest BCUT2D eigenvalue weighted by atomic mass is 16.3. The molecule has 0 aliphatic heterocycles. The molecule has 1 aromatic heterocycles. The van der Waals surface area contributed by atoms with Crippen LogP contribution in [0.2, 0.25) is 0 Å². The van der Waals surface area contributed by atoms with E-state index in [1.165, 1.54) is 11.5 Å². The van der Waals surface area contributed by atoms with Crippen LogP contribution in [0.1, 0.15) is 12.5 Å². The van der Waals surface area contributed by atoms with E-state index in [9.17, 15) is 14.7 Å². The summed E-state index contributed by atoms with van der Waals surface area (Å²) >= 11 is 0. The van der Waals surface area contributed by atoms with Crippen LogP contribution in [0.5, 0.6) is 5.75 Å². The monoisotopic (exact) mass is 287 g/mol. The van der Waals surface area contributed by atoms with Gasteiger partial charge >= 0.3 is 0 Å². The van der Waals surface area contributed by atoms with Gasteiger partial charge in [-0.1, -0.05) is 12.1 Å². The summed E-state index contributed by atoms with van der Waals surface area (Å²) in [5, 5.41) is 12.5. The number of nitrogens with one attached hydrogen (secondary N) is 2. The lowest BCUT2D eigenvalue weighted by Gasteiger charge is -1.96. The third-order valence-corrected chi connectivity index (χ3v) is 2.90. The number of rotatable bonds is 4. The molecule has 21 heavy (non-hydrogen) atoms. The maximum atomic E-state index is 12.3. The van der Waals surface area contributed by atoms with Crippen LogP contribution in [0.25, 0.3) is 12.3 Å². The fourth-order valence-electron chi connectivity index (χ4n) is 1.98. The van der Waals surface area contributed by atoms with Crippen molar-refractivity contribution in [3.63, 3.8) is 0 Å². The number of H-pyrrole nitrogens is 1. The zero-order valence-electron chi connectivity index (χ0n) is 11.9. The molecule has 0 spiro atoms. The number of benzene rings is 1. The first-order valence-electron chi connectivity index (χ1n) is 6.47. The summed E-state index contributed by atoms with van der Waals surface area (Å²) in [5.41, 5.74) is 1.04. The number of aromatic amines is 1. The average Bonchev–Trinajstić information content (AvgIpc) is 2.70. The molecular formula is C15H17N3O3. The number of aromatic nitrogens is 2. The summed E-state index contributed by atoms with van der Waals surface area (Å²) in [6.07, 6.45) is 3.30. The molecule has 6 nitrogen and oxygen atoms in total. The van der Waals surface area contributed by atoms with E-state index in [-0.39, 0.29) is 23.6 Å². The normalized spacial score (nSPS) is 12.7. The van der Waals surface area contributed by atoms with Crippen LogP contribution in [0, 0.1) is 0 Å². The molecule has 0 bridgehead atoms. The minimum absolute atomic E-state index is 0.0201. The third kappa shape index (κ3) is 3.42. The van der Waals surface area contributed by atoms with Crippen LogP contribution >= 0.6 is 0 Å². The van der Waals surface area contributed by atoms with Gasteiger partial charge in [-0.15, -0.1) is 0 Å². The largest absolute Gasteiger partial charge is 0.508 e. The topological polar surface area (TPSA) is 87.1 Å². The van der Waals surface area contributed by atoms with E-state index in [1.54, 1.807) is 43.6 Å². The van der Waals surface area contributed by atoms with Crippen LogP contribution in [-0.4, -0.2) is 27.5 Å². The quantitative estimate of drug-likeness (QED) is 0.691. The van der Waals surface area contributed by atoms with Gasteiger partial charge < -0.3 is 15.4 Å². The number of carbonyl (C=O) groups is 1. The molecule has 0 atom stereocenters. The molecule has 0 amide bonds. The summed E-state index contributed by atoms with van der Waals surface area (Å²) < 4.78 is 1.38. The summed E-state index contributed by atoms with van der Waals surface area (Å²) in [6.45, 7) is 1.46. The number of aromatic hydroxyl groups is 1. The second-order valence-electron chi connectivity index (χ2n) is 4.69. The zero-order chi connectivity index (χ0) is 15.4. The number of phenols is 1. The van der Waals surface area contributed by atoms with Gasteiger partial charge in [0.05, 0.1) is 6.54 Å². The molecule has 1 aromatic carbocycles. The van der Waals surface area contributed by atoms with Crippen molar-refractivity contribution in [2.45, 2.75) is 13.5 Å². The minimum atomic E-state index is -0.264. The predicted molar refractivity (Wildman–Crippen MR) is 80.2 cm³/mol. The van der Waals surface area contributed by atoms with E-state index in [0.717, 1.165) is 5.56 Å². The molecule has 0 aliphatic carbocycles. The minimum Gasteiger partial charge on any atom is -0.508 e. The Balaban J connectivity index is 2.60. The lowest BCUT2D eigenvalue weighted by Crippen LogP contribution is -2.33. The SMILES string of the molecule is CN/C=c1\[nH]/c(=C\c2ccc(O)cc2)c(=O)n1CC(C)=O. The Labute approximate surface area is 121 Å². The number of hydrogen-bond acceptors (Lipinski definition) is 4. The highest BCUT2D eigenvalue weighted by Crippen LogP contribution is 2.09. The van der Waals surface area contributed by atoms with Crippen molar-refractivity contribution < 1.29 is 9.90 Å². The number of hydrogen-bond donors (Lipinski definition) is 3. The molecule has 2 aromatic rings. The van der Waals surface area contributed by atoms with E-state index in [0.29, 0.717) is 10.8 Å². The number of imidazole rings is 1. The third-order valence-electron chi connectivity index (χ3n) is 2.90. The lowest BCUT2D eigenvalue weighted by atomic mass is 10.2. The molecular weight excluding hydrogens is 270 g/mol. The lowest BCUT2D eigenvalue weighted by molar-refractivity contribution is -0.117. The zero-order valence-corrected chi connectivity index (χ0v) is 11.9. The molecule has 2 rings (SSSR count). The van der Waals surface area contributed by atoms with Crippen LogP contribution < -0.4 is 21.7 Å². The van der Waals surface area contributed by atoms with Gasteiger partial charge in [-0.2, -0.15) is 0 Å². The summed E-state index contributed by atoms with van der Waals surface area (Å²) in [5.74, 6) is 0.0647. The maximum absolute atomic E-state index is 12.3. The Bertz CT molecular complexity index is 813. The molecule has 0 unspecified atom stereocenters. The second kappa shape index (κ2) is 6.13. The number of carbonyl (C=O) groups excluding carboxylic acids is 1. The van der Waals surface area contributed by atoms with Crippen molar-refractivity contribution in [2.75, 3.05) is 7.05 Å². The highest BCUT2D eigenvalue weighted by Gasteiger charge is 2.05. The van der Waals surface area contributed by atoms with Crippen molar-refractivity contribution in [2.24, 2.45) is 0 Å². The van der Waals surface area contributed by atoms with Gasteiger partial charge in [-0.25, -0.2) is 0 Å². The fourth-order valence-corrected chi connectivity index (χ4v) is 1.98. The average molecular weight is 287 g/mol. The first-order chi connectivity index (χ1) is 10.0. The van der Waals surface area contributed by atoms with Crippen LogP contribution in [0.3, 0.4) is 0 Å². The molecule has 0 saturated heterocycles. The number of phenolic OH excluding ortho intramolecular Hbond substituents is 1. The van der Waals surface area contributed by atoms with Crippen LogP contribution in [0.4, 0.5) is 0 Å². The van der Waals surface area contributed by atoms with E-state index in [1.807, 2.05) is 0 Å². The Morgan fingerprint density at radius 1 is 1.38 bits per heavy atom. The second-order valence-corrected chi connectivity index (χ2v) is 4.69. The number of nitrogens with zero attached hydrogens (tertiary/aromatic N) is 1. The smallest absolute Gasteiger partial charge is 0.276 e. The predicted octanol–water partition coefficient (Wildman–Crippen LogP) is -0.743. The first-order valence-corrected chi connectivity index (χ1v) is 6.47. The molecule has 6 heteroatoms. The summed E-state index contributed by atoms with van der Waals surface area (Å²) in [7, 11) is 1.72. The van der Waals surface area contributed by atoms with Crippen molar-refractivity contribution in [3.05, 3.63) is 51.0 Å². The molecule has 0 radical (unpaired) electrons. The van der Waals surface area contributed by atoms with Gasteiger partial charge in [0, 0.05) is 13.2 Å². The highest BCUT2D eigenvalue weighted by molar-refractivity contribution is 5.75. The van der Waals surface area contributed by atoms with Gasteiger partial charge in [0.25, 0.3) is 5.56 Å². The maximum Gasteiger partial charge on any atom is 0.276 e. The van der Waals surface area contributed by atoms with Crippen molar-refractivity contribution in [3.8, 4) is 5.75 Å². The van der Waals surface area contributed by atoms with E-state index in [4.69, 9.17) is 0 Å². The van der Waals surface area contributed by atoms with Gasteiger partial charge in [0.15, 0.2) is 0 Å². The first kappa shape index (κ1) is 14.6. The van der Waals surface area contributed by atoms with Crippen molar-refractivity contribution in [1.29, 1.82) is 0 Å². The molecule has 1 heterocycles. The molecule has 3 N–H and O–H groups in total. The van der Waals surface area contributed by atoms with Crippen molar-refractivity contribution >= 4 is 18.1 Å². The molecule has 110 valence electrons. The van der Waals surface area contributed by atoms with Crippen LogP contribution in [-0.2, 0) is 11.3 Å². The summed E-state index contributed by atoms with van der Waals surface area (Å²) in [4.78, 5) is 26.6. The Kier molecular flexibility index (Phi) is 4.27. The van der Waals surface area contributed by atoms with Gasteiger partial charge in [0.1, 0.15) is 22.4 Å². The van der Waals surface area contributed by atoms with Crippen LogP contribution in [0.15, 0.2) is 29.1 Å². The summed E-state index contributed by atoms with van der Waals surface area (Å²) in [6, 6.07) is 6.49. The standard InChI is InChI=1S/C15H17N3O3/c1-10(19)9-18-14(8-16-2)17-13(15(18)21)7-11-3-5-12(20)6-4-11/h3-8,16-17,20H,9H2,1-2H3/b13-7-,14-8+. The number of ketones is 1. The Hall–Kier alpha value is -2.76. The van der Waals surface area contributed by atoms with E-state index in [2.05, 4.69) is 10.3 Å². The number of Topliss-reactive ketones (excluding diaryl/α,β-unsaturated/α-hetero) is 1. The molecule has 0 fully saturated rings. The van der Waals surface area contributed by atoms with E-state index >= 15 is 0 Å². The van der Waals surface area contributed by atoms with Gasteiger partial charge in [-0.3, -0.25) is 14.2 Å². The van der Waals surface area contributed by atoms with Crippen molar-refractivity contribution in [1.82, 2.24) is 14.9 Å². The Morgan fingerprint density at radius 2 is 2.05 bits per heavy atom. The molecule has 0 aliphatic rings. The Morgan fingerprint density at radius 3 is 2.62 bits per heavy atom. The van der Waals surface area contributed by atoms with Gasteiger partial charge in [-0.05, 0) is 30.7 Å². The fraction of sp³-hybridized carbons (Fsp3) is 0.200. The van der Waals surface area contributed by atoms with E-state index < -0.39 is 0 Å². The molecule has 0 saturated carbocycles.